The molecule has 190 valence electrons. The van der Waals surface area contributed by atoms with E-state index in [9.17, 15) is 27.9 Å². The summed E-state index contributed by atoms with van der Waals surface area (Å²) in [7, 11) is 1.41. The van der Waals surface area contributed by atoms with E-state index in [1.807, 2.05) is 0 Å². The van der Waals surface area contributed by atoms with Gasteiger partial charge >= 0.3 is 18.1 Å². The van der Waals surface area contributed by atoms with E-state index in [0.29, 0.717) is 10.6 Å². The summed E-state index contributed by atoms with van der Waals surface area (Å²) in [5.74, 6) is -0.550. The van der Waals surface area contributed by atoms with Gasteiger partial charge in [0.1, 0.15) is 11.5 Å². The number of nitrogens with zero attached hydrogens (tertiary/aromatic N) is 4. The highest BCUT2D eigenvalue weighted by Gasteiger charge is 2.31. The predicted octanol–water partition coefficient (Wildman–Crippen LogP) is 3.67. The third-order valence-electron chi connectivity index (χ3n) is 5.15. The van der Waals surface area contributed by atoms with Gasteiger partial charge in [0.15, 0.2) is 11.2 Å². The Hall–Kier alpha value is -3.77. The van der Waals surface area contributed by atoms with E-state index < -0.39 is 29.5 Å². The van der Waals surface area contributed by atoms with Crippen LogP contribution in [0.3, 0.4) is 0 Å². The first-order valence-corrected chi connectivity index (χ1v) is 11.0. The number of hydrogen-bond acceptors (Lipinski definition) is 6. The molecule has 0 aliphatic carbocycles. The fraction of sp³-hybridized carbons (Fsp3) is 0.261. The van der Waals surface area contributed by atoms with Crippen molar-refractivity contribution < 1.29 is 27.8 Å². The molecule has 0 bridgehead atoms. The molecule has 13 heteroatoms. The van der Waals surface area contributed by atoms with Gasteiger partial charge < -0.3 is 14.6 Å². The molecule has 2 heterocycles. The zero-order valence-corrected chi connectivity index (χ0v) is 19.7. The lowest BCUT2D eigenvalue weighted by atomic mass is 10.2. The van der Waals surface area contributed by atoms with Gasteiger partial charge in [-0.05, 0) is 36.8 Å². The van der Waals surface area contributed by atoms with Crippen molar-refractivity contribution in [3.63, 3.8) is 0 Å². The number of imidazole rings is 1. The first-order valence-electron chi connectivity index (χ1n) is 10.6. The van der Waals surface area contributed by atoms with Crippen molar-refractivity contribution in [1.29, 1.82) is 0 Å². The predicted molar refractivity (Wildman–Crippen MR) is 125 cm³/mol. The first kappa shape index (κ1) is 25.3. The quantitative estimate of drug-likeness (QED) is 0.396. The summed E-state index contributed by atoms with van der Waals surface area (Å²) in [6.45, 7) is 1.25. The summed E-state index contributed by atoms with van der Waals surface area (Å²) in [5, 5.41) is 10.3. The van der Waals surface area contributed by atoms with E-state index >= 15 is 0 Å². The summed E-state index contributed by atoms with van der Waals surface area (Å²) >= 11 is 5.97. The van der Waals surface area contributed by atoms with E-state index in [2.05, 4.69) is 9.72 Å². The number of alkyl halides is 3. The van der Waals surface area contributed by atoms with E-state index in [4.69, 9.17) is 16.3 Å². The van der Waals surface area contributed by atoms with Crippen LogP contribution in [0.4, 0.5) is 13.2 Å². The van der Waals surface area contributed by atoms with E-state index in [1.165, 1.54) is 30.7 Å². The molecular weight excluding hydrogens is 505 g/mol. The second kappa shape index (κ2) is 9.70. The van der Waals surface area contributed by atoms with Crippen LogP contribution in [-0.2, 0) is 20.1 Å². The lowest BCUT2D eigenvalue weighted by Crippen LogP contribution is -2.41. The summed E-state index contributed by atoms with van der Waals surface area (Å²) in [6, 6.07) is 11.4. The number of benzene rings is 2. The van der Waals surface area contributed by atoms with Gasteiger partial charge in [-0.25, -0.2) is 4.79 Å². The fourth-order valence-corrected chi connectivity index (χ4v) is 3.74. The maximum Gasteiger partial charge on any atom is 0.573 e. The van der Waals surface area contributed by atoms with Crippen LogP contribution in [0.25, 0.3) is 11.2 Å². The van der Waals surface area contributed by atoms with Crippen LogP contribution in [0, 0.1) is 0 Å². The zero-order chi connectivity index (χ0) is 26.2. The number of rotatable bonds is 7. The van der Waals surface area contributed by atoms with Crippen molar-refractivity contribution in [2.45, 2.75) is 32.5 Å². The molecule has 0 amide bonds. The second-order valence-electron chi connectivity index (χ2n) is 8.01. The molecule has 0 saturated carbocycles. The molecule has 0 aliphatic heterocycles. The number of aliphatic hydroxyl groups excluding tert-OH is 1. The minimum Gasteiger partial charge on any atom is -0.425 e. The molecule has 1 atom stereocenters. The minimum absolute atomic E-state index is 0.00139. The second-order valence-corrected chi connectivity index (χ2v) is 8.45. The van der Waals surface area contributed by atoms with Crippen LogP contribution < -0.4 is 20.7 Å². The van der Waals surface area contributed by atoms with Crippen LogP contribution in [0.2, 0.25) is 5.02 Å². The highest BCUT2D eigenvalue weighted by molar-refractivity contribution is 6.30. The average Bonchev–Trinajstić information content (AvgIpc) is 3.13. The maximum atomic E-state index is 13.3. The van der Waals surface area contributed by atoms with Crippen LogP contribution in [-0.4, -0.2) is 36.3 Å². The first-order chi connectivity index (χ1) is 16.9. The molecule has 2 aromatic carbocycles. The van der Waals surface area contributed by atoms with Crippen LogP contribution in [0.1, 0.15) is 12.5 Å². The van der Waals surface area contributed by atoms with Crippen LogP contribution >= 0.6 is 11.6 Å². The Morgan fingerprint density at radius 3 is 2.39 bits per heavy atom. The zero-order valence-electron chi connectivity index (χ0n) is 19.0. The Balaban J connectivity index is 1.88. The lowest BCUT2D eigenvalue weighted by Gasteiger charge is -2.13. The molecule has 4 aromatic rings. The Kier molecular flexibility index (Phi) is 6.83. The van der Waals surface area contributed by atoms with Gasteiger partial charge in [0.2, 0.25) is 0 Å². The van der Waals surface area contributed by atoms with Crippen LogP contribution in [0.5, 0.6) is 17.5 Å². The number of halogens is 4. The lowest BCUT2D eigenvalue weighted by molar-refractivity contribution is -0.274. The molecule has 9 nitrogen and oxygen atoms in total. The molecule has 1 N–H and O–H groups in total. The number of fused-ring (bicyclic) bond motifs is 1. The molecule has 0 radical (unpaired) electrons. The normalized spacial score (nSPS) is 12.6. The number of ether oxygens (including phenoxy) is 2. The standard InChI is InChI=1S/C23H20ClF3N4O5/c1-13(32)11-31-20(33)18-19(29(2)22(31)34)28-21(30(18)12-14-6-8-15(24)9-7-14)35-16-4-3-5-17(10-16)36-23(25,26)27/h3-10,13,32H,11-12H2,1-2H3. The van der Waals surface area contributed by atoms with Crippen molar-refractivity contribution in [2.75, 3.05) is 0 Å². The van der Waals surface area contributed by atoms with E-state index in [0.717, 1.165) is 21.3 Å². The highest BCUT2D eigenvalue weighted by atomic mass is 35.5. The molecule has 0 aliphatic rings. The average molecular weight is 525 g/mol. The van der Waals surface area contributed by atoms with Gasteiger partial charge in [-0.2, -0.15) is 4.98 Å². The van der Waals surface area contributed by atoms with Crippen molar-refractivity contribution in [1.82, 2.24) is 18.7 Å². The van der Waals surface area contributed by atoms with Crippen molar-refractivity contribution >= 4 is 22.8 Å². The number of aliphatic hydroxyl groups is 1. The maximum absolute atomic E-state index is 13.3. The van der Waals surface area contributed by atoms with Gasteiger partial charge in [-0.15, -0.1) is 13.2 Å². The molecular formula is C23H20ClF3N4O5. The molecule has 0 fully saturated rings. The topological polar surface area (TPSA) is 101 Å². The molecule has 0 spiro atoms. The third-order valence-corrected chi connectivity index (χ3v) is 5.40. The molecule has 4 rings (SSSR count). The summed E-state index contributed by atoms with van der Waals surface area (Å²) in [4.78, 5) is 30.4. The van der Waals surface area contributed by atoms with Crippen molar-refractivity contribution in [3.8, 4) is 17.5 Å². The minimum atomic E-state index is -4.90. The molecule has 36 heavy (non-hydrogen) atoms. The molecule has 1 unspecified atom stereocenters. The van der Waals surface area contributed by atoms with Gasteiger partial charge in [-0.1, -0.05) is 29.8 Å². The monoisotopic (exact) mass is 524 g/mol. The van der Waals surface area contributed by atoms with E-state index in [1.54, 1.807) is 24.3 Å². The number of aromatic nitrogens is 4. The van der Waals surface area contributed by atoms with Crippen molar-refractivity contribution in [3.05, 3.63) is 80.0 Å². The largest absolute Gasteiger partial charge is 0.573 e. The molecule has 2 aromatic heterocycles. The Morgan fingerprint density at radius 1 is 1.08 bits per heavy atom. The van der Waals surface area contributed by atoms with Crippen molar-refractivity contribution in [2.24, 2.45) is 7.05 Å². The molecule has 0 saturated heterocycles. The SMILES string of the molecule is CC(O)Cn1c(=O)c2c(nc(Oc3cccc(OC(F)(F)F)c3)n2Cc2ccc(Cl)cc2)n(C)c1=O. The number of hydrogen-bond donors (Lipinski definition) is 1. The van der Waals surface area contributed by atoms with Gasteiger partial charge in [0.05, 0.1) is 19.2 Å². The summed E-state index contributed by atoms with van der Waals surface area (Å²) in [6.07, 6.45) is -5.87. The van der Waals surface area contributed by atoms with Crippen LogP contribution in [0.15, 0.2) is 58.1 Å². The number of aryl methyl sites for hydroxylation is 1. The van der Waals surface area contributed by atoms with Gasteiger partial charge in [-0.3, -0.25) is 18.5 Å². The third kappa shape index (κ3) is 5.39. The van der Waals surface area contributed by atoms with E-state index in [-0.39, 0.29) is 36.0 Å². The van der Waals surface area contributed by atoms with Gasteiger partial charge in [0, 0.05) is 18.1 Å². The summed E-state index contributed by atoms with van der Waals surface area (Å²) < 4.78 is 51.1. The fourth-order valence-electron chi connectivity index (χ4n) is 3.61. The Bertz CT molecular complexity index is 1520. The Morgan fingerprint density at radius 2 is 1.75 bits per heavy atom. The Labute approximate surface area is 206 Å². The van der Waals surface area contributed by atoms with Gasteiger partial charge in [0.25, 0.3) is 5.56 Å². The smallest absolute Gasteiger partial charge is 0.425 e. The summed E-state index contributed by atoms with van der Waals surface area (Å²) in [5.41, 5.74) is -0.701. The highest BCUT2D eigenvalue weighted by Crippen LogP contribution is 2.30.